The Balaban J connectivity index is 2.76. The van der Waals surface area contributed by atoms with Crippen LogP contribution in [0.1, 0.15) is 19.8 Å². The van der Waals surface area contributed by atoms with Crippen molar-refractivity contribution in [1.29, 1.82) is 0 Å². The largest absolute Gasteiger partial charge is 0.480 e. The standard InChI is InChI=1S/C11H20BF2NO3/c1-11(4-3-5-12(2)18)7(9(13)14)6-15-8(11)10(16)17/h7-9,15,18H,3-6H2,1-2H3,(H,16,17). The zero-order chi connectivity index (χ0) is 13.9. The maximum Gasteiger partial charge on any atom is 0.321 e. The van der Waals surface area contributed by atoms with E-state index in [0.29, 0.717) is 19.2 Å². The molecule has 0 radical (unpaired) electrons. The molecule has 7 heteroatoms. The van der Waals surface area contributed by atoms with Gasteiger partial charge >= 0.3 is 5.97 Å². The molecule has 0 bridgehead atoms. The van der Waals surface area contributed by atoms with E-state index in [2.05, 4.69) is 5.32 Å². The van der Waals surface area contributed by atoms with Crippen molar-refractivity contribution >= 4 is 12.9 Å². The van der Waals surface area contributed by atoms with Crippen molar-refractivity contribution in [2.24, 2.45) is 11.3 Å². The highest BCUT2D eigenvalue weighted by Crippen LogP contribution is 2.44. The molecule has 1 heterocycles. The van der Waals surface area contributed by atoms with Gasteiger partial charge in [0.1, 0.15) is 6.04 Å². The van der Waals surface area contributed by atoms with Crippen LogP contribution in [0.4, 0.5) is 8.78 Å². The number of carboxylic acid groups (broad SMARTS) is 1. The summed E-state index contributed by atoms with van der Waals surface area (Å²) in [6.45, 7) is 2.77. The molecule has 3 unspecified atom stereocenters. The molecule has 1 aliphatic rings. The summed E-state index contributed by atoms with van der Waals surface area (Å²) >= 11 is 0. The van der Waals surface area contributed by atoms with Crippen LogP contribution in [0.3, 0.4) is 0 Å². The number of carboxylic acids is 1. The molecular weight excluding hydrogens is 243 g/mol. The average molecular weight is 263 g/mol. The van der Waals surface area contributed by atoms with E-state index in [0.717, 1.165) is 0 Å². The summed E-state index contributed by atoms with van der Waals surface area (Å²) in [4.78, 5) is 11.1. The van der Waals surface area contributed by atoms with E-state index >= 15 is 0 Å². The molecule has 0 aliphatic carbocycles. The zero-order valence-electron chi connectivity index (χ0n) is 10.7. The Bertz CT molecular complexity index is 304. The quantitative estimate of drug-likeness (QED) is 0.632. The molecule has 1 rings (SSSR count). The number of hydrogen-bond acceptors (Lipinski definition) is 3. The number of halogens is 2. The molecule has 104 valence electrons. The van der Waals surface area contributed by atoms with Crippen molar-refractivity contribution in [2.75, 3.05) is 6.54 Å². The van der Waals surface area contributed by atoms with Gasteiger partial charge in [-0.15, -0.1) is 0 Å². The number of rotatable bonds is 6. The van der Waals surface area contributed by atoms with E-state index in [1.165, 1.54) is 0 Å². The van der Waals surface area contributed by atoms with Gasteiger partial charge in [-0.1, -0.05) is 20.2 Å². The smallest absolute Gasteiger partial charge is 0.321 e. The van der Waals surface area contributed by atoms with Crippen molar-refractivity contribution in [3.05, 3.63) is 0 Å². The van der Waals surface area contributed by atoms with Gasteiger partial charge in [0.2, 0.25) is 6.43 Å². The SMILES string of the molecule is CB(O)CCCC1(C)C(C(=O)O)NCC1C(F)F. The van der Waals surface area contributed by atoms with E-state index in [1.54, 1.807) is 13.7 Å². The Morgan fingerprint density at radius 2 is 2.22 bits per heavy atom. The van der Waals surface area contributed by atoms with Crippen molar-refractivity contribution in [3.63, 3.8) is 0 Å². The summed E-state index contributed by atoms with van der Waals surface area (Å²) in [5.41, 5.74) is -0.963. The molecule has 3 N–H and O–H groups in total. The van der Waals surface area contributed by atoms with Gasteiger partial charge < -0.3 is 15.4 Å². The first-order valence-corrected chi connectivity index (χ1v) is 6.21. The third-order valence-corrected chi connectivity index (χ3v) is 3.94. The lowest BCUT2D eigenvalue weighted by Gasteiger charge is -2.34. The molecule has 1 saturated heterocycles. The first kappa shape index (κ1) is 15.4. The van der Waals surface area contributed by atoms with E-state index in [4.69, 9.17) is 5.11 Å². The van der Waals surface area contributed by atoms with Crippen LogP contribution in [0.5, 0.6) is 0 Å². The van der Waals surface area contributed by atoms with Crippen LogP contribution >= 0.6 is 0 Å². The van der Waals surface area contributed by atoms with E-state index in [1.807, 2.05) is 0 Å². The molecule has 0 aromatic carbocycles. The van der Waals surface area contributed by atoms with Gasteiger partial charge in [-0.25, -0.2) is 8.78 Å². The highest BCUT2D eigenvalue weighted by Gasteiger charge is 2.53. The monoisotopic (exact) mass is 263 g/mol. The van der Waals surface area contributed by atoms with Gasteiger partial charge in [-0.3, -0.25) is 4.79 Å². The van der Waals surface area contributed by atoms with Crippen LogP contribution in [0.25, 0.3) is 0 Å². The fraction of sp³-hybridized carbons (Fsp3) is 0.909. The first-order valence-electron chi connectivity index (χ1n) is 6.21. The number of alkyl halides is 2. The minimum absolute atomic E-state index is 0.0276. The first-order chi connectivity index (χ1) is 8.29. The summed E-state index contributed by atoms with van der Waals surface area (Å²) in [7, 11) is 0. The predicted octanol–water partition coefficient (Wildman–Crippen LogP) is 1.32. The van der Waals surface area contributed by atoms with Crippen LogP contribution in [-0.4, -0.2) is 42.0 Å². The maximum atomic E-state index is 13.0. The van der Waals surface area contributed by atoms with Crippen LogP contribution in [0, 0.1) is 11.3 Å². The van der Waals surface area contributed by atoms with E-state index in [-0.39, 0.29) is 6.54 Å². The lowest BCUT2D eigenvalue weighted by atomic mass is 9.64. The molecule has 0 aromatic heterocycles. The van der Waals surface area contributed by atoms with Crippen LogP contribution in [-0.2, 0) is 4.79 Å². The van der Waals surface area contributed by atoms with Crippen LogP contribution in [0.2, 0.25) is 13.1 Å². The molecule has 0 amide bonds. The summed E-state index contributed by atoms with van der Waals surface area (Å²) in [6, 6.07) is -0.939. The maximum absolute atomic E-state index is 13.0. The minimum Gasteiger partial charge on any atom is -0.480 e. The second-order valence-corrected chi connectivity index (χ2v) is 5.37. The third kappa shape index (κ3) is 3.20. The molecular formula is C11H20BF2NO3. The van der Waals surface area contributed by atoms with Gasteiger partial charge in [0.05, 0.1) is 0 Å². The van der Waals surface area contributed by atoms with Crippen LogP contribution in [0.15, 0.2) is 0 Å². The summed E-state index contributed by atoms with van der Waals surface area (Å²) in [5.74, 6) is -2.04. The molecule has 0 spiro atoms. The minimum atomic E-state index is -2.53. The van der Waals surface area contributed by atoms with Gasteiger partial charge in [0, 0.05) is 17.9 Å². The Hall–Kier alpha value is -0.685. The highest BCUT2D eigenvalue weighted by atomic mass is 19.3. The van der Waals surface area contributed by atoms with E-state index < -0.39 is 36.7 Å². The number of nitrogens with one attached hydrogen (secondary N) is 1. The second kappa shape index (κ2) is 5.97. The van der Waals surface area contributed by atoms with Crippen molar-refractivity contribution in [3.8, 4) is 0 Å². The van der Waals surface area contributed by atoms with Crippen molar-refractivity contribution in [1.82, 2.24) is 5.32 Å². The summed E-state index contributed by atoms with van der Waals surface area (Å²) in [6.07, 6.45) is -1.11. The van der Waals surface area contributed by atoms with E-state index in [9.17, 15) is 18.6 Å². The Labute approximate surface area is 106 Å². The third-order valence-electron chi connectivity index (χ3n) is 3.94. The van der Waals surface area contributed by atoms with Gasteiger partial charge in [-0.2, -0.15) is 0 Å². The van der Waals surface area contributed by atoms with Gasteiger partial charge in [-0.05, 0) is 12.7 Å². The Morgan fingerprint density at radius 1 is 1.61 bits per heavy atom. The van der Waals surface area contributed by atoms with Gasteiger partial charge in [0.15, 0.2) is 0 Å². The highest BCUT2D eigenvalue weighted by molar-refractivity contribution is 6.48. The summed E-state index contributed by atoms with van der Waals surface area (Å²) in [5, 5.41) is 21.0. The molecule has 18 heavy (non-hydrogen) atoms. The second-order valence-electron chi connectivity index (χ2n) is 5.37. The summed E-state index contributed by atoms with van der Waals surface area (Å²) < 4.78 is 26.0. The topological polar surface area (TPSA) is 69.6 Å². The zero-order valence-corrected chi connectivity index (χ0v) is 10.7. The molecule has 0 saturated carbocycles. The fourth-order valence-electron chi connectivity index (χ4n) is 2.78. The average Bonchev–Trinajstić information content (AvgIpc) is 2.55. The Kier molecular flexibility index (Phi) is 5.10. The molecule has 0 aromatic rings. The lowest BCUT2D eigenvalue weighted by Crippen LogP contribution is -2.44. The van der Waals surface area contributed by atoms with Crippen molar-refractivity contribution < 1.29 is 23.7 Å². The normalized spacial score (nSPS) is 31.9. The molecule has 1 aliphatic heterocycles. The van der Waals surface area contributed by atoms with Crippen molar-refractivity contribution in [2.45, 2.75) is 45.4 Å². The molecule has 1 fully saturated rings. The Morgan fingerprint density at radius 3 is 2.67 bits per heavy atom. The molecule has 4 nitrogen and oxygen atoms in total. The lowest BCUT2D eigenvalue weighted by molar-refractivity contribution is -0.143. The number of hydrogen-bond donors (Lipinski definition) is 3. The van der Waals surface area contributed by atoms with Crippen LogP contribution < -0.4 is 5.32 Å². The predicted molar refractivity (Wildman–Crippen MR) is 64.9 cm³/mol. The molecule has 3 atom stereocenters. The number of carbonyl (C=O) groups is 1. The van der Waals surface area contributed by atoms with Gasteiger partial charge in [0.25, 0.3) is 6.92 Å². The number of aliphatic carboxylic acids is 1. The fourth-order valence-corrected chi connectivity index (χ4v) is 2.78.